The Kier molecular flexibility index (Phi) is 6.36. The topological polar surface area (TPSA) is 77.8 Å². The van der Waals surface area contributed by atoms with Gasteiger partial charge in [0, 0.05) is 6.42 Å². The molecule has 2 unspecified atom stereocenters. The second-order valence-corrected chi connectivity index (χ2v) is 8.29. The van der Waals surface area contributed by atoms with Crippen LogP contribution in [0.5, 0.6) is 0 Å². The van der Waals surface area contributed by atoms with Crippen LogP contribution < -0.4 is 0 Å². The number of carbonyl (C=O) groups is 1. The van der Waals surface area contributed by atoms with Crippen molar-refractivity contribution in [1.82, 2.24) is 0 Å². The van der Waals surface area contributed by atoms with Crippen LogP contribution in [0.15, 0.2) is 72.3 Å². The summed E-state index contributed by atoms with van der Waals surface area (Å²) in [5, 5.41) is 28.9. The quantitative estimate of drug-likeness (QED) is 0.659. The summed E-state index contributed by atoms with van der Waals surface area (Å²) >= 11 is 0. The zero-order valence-electron chi connectivity index (χ0n) is 16.9. The maximum atomic E-state index is 10.7. The molecule has 2 aromatic carbocycles. The molecule has 0 aliphatic heterocycles. The molecule has 29 heavy (non-hydrogen) atoms. The third-order valence-electron chi connectivity index (χ3n) is 5.39. The fourth-order valence-electron chi connectivity index (χ4n) is 4.05. The number of hydrogen-bond acceptors (Lipinski definition) is 3. The summed E-state index contributed by atoms with van der Waals surface area (Å²) in [6, 6.07) is 18.6. The normalized spacial score (nSPS) is 17.8. The second-order valence-electron chi connectivity index (χ2n) is 8.29. The van der Waals surface area contributed by atoms with Gasteiger partial charge in [0.05, 0.1) is 18.6 Å². The van der Waals surface area contributed by atoms with Crippen LogP contribution in [0.4, 0.5) is 0 Å². The zero-order valence-corrected chi connectivity index (χ0v) is 16.9. The predicted octanol–water partition coefficient (Wildman–Crippen LogP) is 4.21. The lowest BCUT2D eigenvalue weighted by Crippen LogP contribution is -2.24. The van der Waals surface area contributed by atoms with E-state index in [-0.39, 0.29) is 18.3 Å². The lowest BCUT2D eigenvalue weighted by molar-refractivity contribution is -0.139. The van der Waals surface area contributed by atoms with Gasteiger partial charge >= 0.3 is 5.97 Å². The molecule has 1 aliphatic carbocycles. The van der Waals surface area contributed by atoms with E-state index in [9.17, 15) is 15.0 Å². The van der Waals surface area contributed by atoms with E-state index in [1.807, 2.05) is 30.3 Å². The standard InChI is InChI=1S/C25H28O4/c1-25(2)16-18-10-6-7-11-21(18)24(17-8-4-3-5-9-17)22(25)13-12-19(26)14-20(27)15-23(28)29/h3-13,19-20,26-27H,14-16H2,1-2H3,(H,28,29)/b13-12+. The summed E-state index contributed by atoms with van der Waals surface area (Å²) < 4.78 is 0. The summed E-state index contributed by atoms with van der Waals surface area (Å²) in [7, 11) is 0. The number of carboxylic acids is 1. The number of aliphatic carboxylic acids is 1. The molecular formula is C25H28O4. The second kappa shape index (κ2) is 8.76. The van der Waals surface area contributed by atoms with Gasteiger partial charge < -0.3 is 15.3 Å². The van der Waals surface area contributed by atoms with Gasteiger partial charge in [-0.25, -0.2) is 0 Å². The third kappa shape index (κ3) is 5.03. The summed E-state index contributed by atoms with van der Waals surface area (Å²) in [6.07, 6.45) is 2.12. The summed E-state index contributed by atoms with van der Waals surface area (Å²) in [6.45, 7) is 4.38. The maximum Gasteiger partial charge on any atom is 0.305 e. The van der Waals surface area contributed by atoms with Crippen molar-refractivity contribution in [2.45, 2.75) is 45.3 Å². The average molecular weight is 392 g/mol. The molecule has 4 nitrogen and oxygen atoms in total. The molecule has 0 aromatic heterocycles. The van der Waals surface area contributed by atoms with Crippen molar-refractivity contribution in [3.05, 3.63) is 89.0 Å². The Morgan fingerprint density at radius 3 is 2.41 bits per heavy atom. The molecule has 0 radical (unpaired) electrons. The van der Waals surface area contributed by atoms with E-state index in [1.54, 1.807) is 6.08 Å². The highest BCUT2D eigenvalue weighted by atomic mass is 16.4. The fraction of sp³-hybridized carbons (Fsp3) is 0.320. The number of rotatable bonds is 7. The Morgan fingerprint density at radius 2 is 1.72 bits per heavy atom. The molecule has 0 fully saturated rings. The van der Waals surface area contributed by atoms with Crippen molar-refractivity contribution in [1.29, 1.82) is 0 Å². The van der Waals surface area contributed by atoms with Gasteiger partial charge in [0.1, 0.15) is 0 Å². The van der Waals surface area contributed by atoms with E-state index in [4.69, 9.17) is 5.11 Å². The van der Waals surface area contributed by atoms with Crippen molar-refractivity contribution in [2.24, 2.45) is 5.41 Å². The zero-order chi connectivity index (χ0) is 21.0. The first-order valence-corrected chi connectivity index (χ1v) is 9.92. The molecular weight excluding hydrogens is 364 g/mol. The van der Waals surface area contributed by atoms with E-state index in [1.165, 1.54) is 11.1 Å². The van der Waals surface area contributed by atoms with E-state index in [2.05, 4.69) is 44.2 Å². The number of carboxylic acid groups (broad SMARTS) is 1. The van der Waals surface area contributed by atoms with Gasteiger partial charge in [0.15, 0.2) is 0 Å². The Labute approximate surface area is 171 Å². The van der Waals surface area contributed by atoms with Crippen LogP contribution in [0, 0.1) is 5.41 Å². The Bertz CT molecular complexity index is 925. The maximum absolute atomic E-state index is 10.7. The number of aliphatic hydroxyl groups excluding tert-OH is 2. The summed E-state index contributed by atoms with van der Waals surface area (Å²) in [5.41, 5.74) is 5.73. The van der Waals surface area contributed by atoms with Gasteiger partial charge in [-0.15, -0.1) is 0 Å². The highest BCUT2D eigenvalue weighted by Gasteiger charge is 2.32. The molecule has 152 valence electrons. The van der Waals surface area contributed by atoms with Crippen LogP contribution in [0.3, 0.4) is 0 Å². The molecule has 3 N–H and O–H groups in total. The van der Waals surface area contributed by atoms with Crippen LogP contribution >= 0.6 is 0 Å². The van der Waals surface area contributed by atoms with Crippen molar-refractivity contribution in [3.63, 3.8) is 0 Å². The van der Waals surface area contributed by atoms with Crippen LogP contribution in [0.2, 0.25) is 0 Å². The molecule has 2 aromatic rings. The summed E-state index contributed by atoms with van der Waals surface area (Å²) in [4.78, 5) is 10.7. The van der Waals surface area contributed by atoms with Crippen LogP contribution in [-0.2, 0) is 11.2 Å². The predicted molar refractivity (Wildman–Crippen MR) is 114 cm³/mol. The first-order chi connectivity index (χ1) is 13.8. The fourth-order valence-corrected chi connectivity index (χ4v) is 4.05. The van der Waals surface area contributed by atoms with E-state index >= 15 is 0 Å². The van der Waals surface area contributed by atoms with E-state index < -0.39 is 18.2 Å². The molecule has 4 heteroatoms. The van der Waals surface area contributed by atoms with E-state index in [0.29, 0.717) is 0 Å². The monoisotopic (exact) mass is 392 g/mol. The van der Waals surface area contributed by atoms with Gasteiger partial charge in [-0.3, -0.25) is 4.79 Å². The number of aliphatic hydroxyl groups is 2. The van der Waals surface area contributed by atoms with Crippen LogP contribution in [-0.4, -0.2) is 33.5 Å². The smallest absolute Gasteiger partial charge is 0.305 e. The van der Waals surface area contributed by atoms with Crippen molar-refractivity contribution >= 4 is 11.5 Å². The molecule has 0 heterocycles. The van der Waals surface area contributed by atoms with Gasteiger partial charge in [-0.05, 0) is 39.7 Å². The largest absolute Gasteiger partial charge is 0.481 e. The Morgan fingerprint density at radius 1 is 1.07 bits per heavy atom. The van der Waals surface area contributed by atoms with Crippen LogP contribution in [0.1, 0.15) is 43.4 Å². The van der Waals surface area contributed by atoms with Crippen molar-refractivity contribution in [3.8, 4) is 0 Å². The lowest BCUT2D eigenvalue weighted by atomic mass is 9.68. The number of benzene rings is 2. The summed E-state index contributed by atoms with van der Waals surface area (Å²) in [5.74, 6) is -1.08. The molecule has 2 atom stereocenters. The lowest BCUT2D eigenvalue weighted by Gasteiger charge is -2.36. The molecule has 0 amide bonds. The number of allylic oxidation sites excluding steroid dienone is 2. The third-order valence-corrected chi connectivity index (χ3v) is 5.39. The molecule has 3 rings (SSSR count). The number of fused-ring (bicyclic) bond motifs is 1. The van der Waals surface area contributed by atoms with Gasteiger partial charge in [-0.2, -0.15) is 0 Å². The molecule has 0 saturated heterocycles. The average Bonchev–Trinajstić information content (AvgIpc) is 2.65. The minimum Gasteiger partial charge on any atom is -0.481 e. The van der Waals surface area contributed by atoms with Crippen molar-refractivity contribution in [2.75, 3.05) is 0 Å². The SMILES string of the molecule is CC1(C)Cc2ccccc2C(c2ccccc2)=C1/C=C/C(O)CC(O)CC(=O)O. The molecule has 0 spiro atoms. The van der Waals surface area contributed by atoms with Crippen molar-refractivity contribution < 1.29 is 20.1 Å². The van der Waals surface area contributed by atoms with Gasteiger partial charge in [0.2, 0.25) is 0 Å². The first kappa shape index (κ1) is 21.0. The Hall–Kier alpha value is -2.69. The molecule has 0 bridgehead atoms. The van der Waals surface area contributed by atoms with E-state index in [0.717, 1.165) is 23.1 Å². The Balaban J connectivity index is 2.01. The van der Waals surface area contributed by atoms with Gasteiger partial charge in [0.25, 0.3) is 0 Å². The minimum atomic E-state index is -1.08. The minimum absolute atomic E-state index is 0.00618. The van der Waals surface area contributed by atoms with Gasteiger partial charge in [-0.1, -0.05) is 80.6 Å². The molecule has 0 saturated carbocycles. The van der Waals surface area contributed by atoms with Crippen LogP contribution in [0.25, 0.3) is 5.57 Å². The molecule has 1 aliphatic rings. The first-order valence-electron chi connectivity index (χ1n) is 9.92. The highest BCUT2D eigenvalue weighted by molar-refractivity contribution is 5.87. The number of hydrogen-bond donors (Lipinski definition) is 3. The highest BCUT2D eigenvalue weighted by Crippen LogP contribution is 2.45.